The molecule has 1 aliphatic carbocycles. The number of hydrogen-bond donors (Lipinski definition) is 0. The molecule has 1 spiro atoms. The van der Waals surface area contributed by atoms with E-state index in [2.05, 4.69) is 252 Å². The molecule has 11 aromatic carbocycles. The van der Waals surface area contributed by atoms with Crippen molar-refractivity contribution >= 4 is 60.8 Å². The first kappa shape index (κ1) is 38.9. The third-order valence-electron chi connectivity index (χ3n) is 15.2. The SMILES string of the molecule is c1ccc(-c2ccccc2-c2ccccc2N(c2cccc(-c3ccc4oc5ccccc5c4c3)c2)c2ccc3c(c2)C2(c4ccccc4-3)c3ccccc3-n3c4ccccc4c4cccc2c43)cc1. The van der Waals surface area contributed by atoms with Crippen LogP contribution in [0, 0.1) is 0 Å². The number of rotatable bonds is 6. The second-order valence-corrected chi connectivity index (χ2v) is 18.7. The van der Waals surface area contributed by atoms with E-state index in [9.17, 15) is 0 Å². The molecule has 0 radical (unpaired) electrons. The lowest BCUT2D eigenvalue weighted by Gasteiger charge is -2.40. The monoisotopic (exact) mass is 890 g/mol. The third kappa shape index (κ3) is 5.40. The molecule has 326 valence electrons. The number of hydrogen-bond acceptors (Lipinski definition) is 2. The average Bonchev–Trinajstić information content (AvgIpc) is 4.08. The van der Waals surface area contributed by atoms with Gasteiger partial charge in [-0.05, 0) is 122 Å². The molecule has 0 saturated heterocycles. The van der Waals surface area contributed by atoms with Gasteiger partial charge in [-0.15, -0.1) is 0 Å². The van der Waals surface area contributed by atoms with E-state index in [1.807, 2.05) is 12.1 Å². The first-order chi connectivity index (χ1) is 34.7. The lowest BCUT2D eigenvalue weighted by Crippen LogP contribution is -2.33. The fourth-order valence-corrected chi connectivity index (χ4v) is 12.3. The van der Waals surface area contributed by atoms with E-state index in [1.54, 1.807) is 0 Å². The number of aromatic nitrogens is 1. The fourth-order valence-electron chi connectivity index (χ4n) is 12.3. The van der Waals surface area contributed by atoms with Crippen molar-refractivity contribution in [3.63, 3.8) is 0 Å². The summed E-state index contributed by atoms with van der Waals surface area (Å²) in [4.78, 5) is 2.50. The molecular formula is C67H42N2O. The van der Waals surface area contributed by atoms with Gasteiger partial charge in [0.2, 0.25) is 0 Å². The summed E-state index contributed by atoms with van der Waals surface area (Å²) in [7, 11) is 0. The topological polar surface area (TPSA) is 21.3 Å². The summed E-state index contributed by atoms with van der Waals surface area (Å²) in [6, 6.07) is 93.9. The Balaban J connectivity index is 1.01. The van der Waals surface area contributed by atoms with E-state index >= 15 is 0 Å². The van der Waals surface area contributed by atoms with Crippen molar-refractivity contribution in [1.82, 2.24) is 4.57 Å². The van der Waals surface area contributed by atoms with Crippen molar-refractivity contribution in [2.24, 2.45) is 0 Å². The largest absolute Gasteiger partial charge is 0.456 e. The second-order valence-electron chi connectivity index (χ2n) is 18.7. The first-order valence-corrected chi connectivity index (χ1v) is 24.2. The molecule has 15 rings (SSSR count). The highest BCUT2D eigenvalue weighted by Gasteiger charge is 2.51. The quantitative estimate of drug-likeness (QED) is 0.166. The highest BCUT2D eigenvalue weighted by Crippen LogP contribution is 2.62. The summed E-state index contributed by atoms with van der Waals surface area (Å²) < 4.78 is 8.81. The highest BCUT2D eigenvalue weighted by molar-refractivity contribution is 6.13. The molecule has 0 N–H and O–H groups in total. The normalized spacial score (nSPS) is 14.3. The summed E-state index contributed by atoms with van der Waals surface area (Å²) in [5.41, 5.74) is 22.8. The molecule has 0 saturated carbocycles. The Labute approximate surface area is 405 Å². The predicted molar refractivity (Wildman–Crippen MR) is 290 cm³/mol. The maximum atomic E-state index is 6.29. The van der Waals surface area contributed by atoms with Gasteiger partial charge in [0.05, 0.1) is 27.8 Å². The van der Waals surface area contributed by atoms with Crippen LogP contribution in [-0.4, -0.2) is 4.57 Å². The summed E-state index contributed by atoms with van der Waals surface area (Å²) in [5, 5.41) is 4.78. The van der Waals surface area contributed by atoms with Crippen LogP contribution in [0.5, 0.6) is 0 Å². The summed E-state index contributed by atoms with van der Waals surface area (Å²) in [6.07, 6.45) is 0. The maximum absolute atomic E-state index is 6.29. The van der Waals surface area contributed by atoms with Crippen LogP contribution in [-0.2, 0) is 5.41 Å². The number of para-hydroxylation sites is 5. The van der Waals surface area contributed by atoms with Gasteiger partial charge in [0.15, 0.2) is 0 Å². The zero-order chi connectivity index (χ0) is 45.9. The van der Waals surface area contributed by atoms with Crippen molar-refractivity contribution in [1.29, 1.82) is 0 Å². The molecule has 0 fully saturated rings. The number of nitrogens with zero attached hydrogens (tertiary/aromatic N) is 2. The average molecular weight is 891 g/mol. The van der Waals surface area contributed by atoms with Crippen molar-refractivity contribution in [3.05, 3.63) is 277 Å². The number of anilines is 3. The Kier molecular flexibility index (Phi) is 8.28. The van der Waals surface area contributed by atoms with Gasteiger partial charge in [-0.3, -0.25) is 0 Å². The molecule has 3 heterocycles. The Morgan fingerprint density at radius 3 is 1.84 bits per heavy atom. The Hall–Kier alpha value is -9.18. The van der Waals surface area contributed by atoms with Crippen LogP contribution in [0.1, 0.15) is 22.3 Å². The van der Waals surface area contributed by atoms with Crippen LogP contribution >= 0.6 is 0 Å². The number of fused-ring (bicyclic) bond motifs is 15. The van der Waals surface area contributed by atoms with Gasteiger partial charge in [0.1, 0.15) is 11.2 Å². The van der Waals surface area contributed by atoms with Crippen LogP contribution in [0.4, 0.5) is 17.1 Å². The van der Waals surface area contributed by atoms with E-state index in [0.29, 0.717) is 0 Å². The zero-order valence-electron chi connectivity index (χ0n) is 38.1. The van der Waals surface area contributed by atoms with E-state index < -0.39 is 5.41 Å². The summed E-state index contributed by atoms with van der Waals surface area (Å²) in [5.74, 6) is 0. The van der Waals surface area contributed by atoms with Gasteiger partial charge in [-0.25, -0.2) is 0 Å². The van der Waals surface area contributed by atoms with Gasteiger partial charge in [-0.1, -0.05) is 194 Å². The molecule has 3 nitrogen and oxygen atoms in total. The first-order valence-electron chi connectivity index (χ1n) is 24.2. The molecule has 0 amide bonds. The standard InChI is InChI=1S/C67H42N2O/c1-2-18-43(19-3-1)48-22-4-5-23-49(48)52-25-7-12-32-61(52)68(46-21-16-20-44(40-46)45-36-39-65-56(41-45)54-27-9-15-35-64(54)70-65)47-37-38-51-50-24-6-10-29-57(50)67(60(51)42-47)58-30-11-14-34-63(58)69-62-33-13-8-26-53(62)55-28-17-31-59(67)66(55)69/h1-42H. The Morgan fingerprint density at radius 2 is 0.943 bits per heavy atom. The van der Waals surface area contributed by atoms with Crippen molar-refractivity contribution in [3.8, 4) is 50.2 Å². The smallest absolute Gasteiger partial charge is 0.135 e. The fraction of sp³-hybridized carbons (Fsp3) is 0.0149. The van der Waals surface area contributed by atoms with E-state index in [-0.39, 0.29) is 0 Å². The summed E-state index contributed by atoms with van der Waals surface area (Å²) in [6.45, 7) is 0. The molecule has 1 aliphatic heterocycles. The Morgan fingerprint density at radius 1 is 0.329 bits per heavy atom. The van der Waals surface area contributed by atoms with Crippen LogP contribution < -0.4 is 4.90 Å². The van der Waals surface area contributed by atoms with Gasteiger partial charge in [0.25, 0.3) is 0 Å². The predicted octanol–water partition coefficient (Wildman–Crippen LogP) is 17.8. The third-order valence-corrected chi connectivity index (χ3v) is 15.2. The van der Waals surface area contributed by atoms with Crippen molar-refractivity contribution in [2.75, 3.05) is 4.90 Å². The van der Waals surface area contributed by atoms with E-state index in [1.165, 1.54) is 77.6 Å². The molecule has 2 aromatic heterocycles. The lowest BCUT2D eigenvalue weighted by molar-refractivity contribution is 0.669. The minimum absolute atomic E-state index is 0.599. The zero-order valence-corrected chi connectivity index (χ0v) is 38.1. The van der Waals surface area contributed by atoms with Crippen LogP contribution in [0.2, 0.25) is 0 Å². The van der Waals surface area contributed by atoms with E-state index in [4.69, 9.17) is 4.42 Å². The number of furan rings is 1. The molecule has 1 atom stereocenters. The molecular weight excluding hydrogens is 849 g/mol. The van der Waals surface area contributed by atoms with E-state index in [0.717, 1.165) is 55.7 Å². The minimum Gasteiger partial charge on any atom is -0.456 e. The molecule has 70 heavy (non-hydrogen) atoms. The van der Waals surface area contributed by atoms with Gasteiger partial charge < -0.3 is 13.9 Å². The van der Waals surface area contributed by atoms with Crippen LogP contribution in [0.25, 0.3) is 93.9 Å². The van der Waals surface area contributed by atoms with Crippen molar-refractivity contribution in [2.45, 2.75) is 5.41 Å². The molecule has 1 unspecified atom stereocenters. The van der Waals surface area contributed by atoms with Crippen LogP contribution in [0.15, 0.2) is 259 Å². The van der Waals surface area contributed by atoms with Crippen LogP contribution in [0.3, 0.4) is 0 Å². The molecule has 13 aromatic rings. The Bertz CT molecular complexity index is 4270. The molecule has 0 bridgehead atoms. The van der Waals surface area contributed by atoms with Crippen molar-refractivity contribution < 1.29 is 4.42 Å². The van der Waals surface area contributed by atoms with Gasteiger partial charge in [-0.2, -0.15) is 0 Å². The van der Waals surface area contributed by atoms with Gasteiger partial charge in [0, 0.05) is 38.5 Å². The highest BCUT2D eigenvalue weighted by atomic mass is 16.3. The molecule has 2 aliphatic rings. The summed E-state index contributed by atoms with van der Waals surface area (Å²) >= 11 is 0. The lowest BCUT2D eigenvalue weighted by atomic mass is 9.65. The minimum atomic E-state index is -0.599. The van der Waals surface area contributed by atoms with Gasteiger partial charge >= 0.3 is 0 Å². The number of benzene rings is 11. The molecule has 3 heteroatoms. The maximum Gasteiger partial charge on any atom is 0.135 e. The second kappa shape index (κ2) is 14.9.